The number of nitrogens with zero attached hydrogens (tertiary/aromatic N) is 1. The number of hydrogen-bond donors (Lipinski definition) is 1. The van der Waals surface area contributed by atoms with Crippen LogP contribution in [0.5, 0.6) is 0 Å². The van der Waals surface area contributed by atoms with Gasteiger partial charge in [-0.25, -0.2) is 0 Å². The van der Waals surface area contributed by atoms with Gasteiger partial charge >= 0.3 is 0 Å². The topological polar surface area (TPSA) is 49.4 Å². The smallest absolute Gasteiger partial charge is 0.227 e. The Labute approximate surface area is 121 Å². The molecule has 2 amide bonds. The quantitative estimate of drug-likeness (QED) is 0.907. The lowest BCUT2D eigenvalue weighted by Crippen LogP contribution is -2.35. The first-order chi connectivity index (χ1) is 9.06. The first-order valence-electron chi connectivity index (χ1n) is 6.04. The summed E-state index contributed by atoms with van der Waals surface area (Å²) >= 11 is 11.9. The van der Waals surface area contributed by atoms with Crippen LogP contribution in [0.3, 0.4) is 0 Å². The third-order valence-electron chi connectivity index (χ3n) is 3.02. The molecular formula is C13H14Cl2N2O2. The molecule has 0 saturated carbocycles. The van der Waals surface area contributed by atoms with Crippen LogP contribution in [0.2, 0.25) is 10.0 Å². The van der Waals surface area contributed by atoms with Crippen LogP contribution in [-0.4, -0.2) is 36.3 Å². The van der Waals surface area contributed by atoms with Gasteiger partial charge in [0.05, 0.1) is 6.42 Å². The van der Waals surface area contributed by atoms with Gasteiger partial charge in [0.1, 0.15) is 0 Å². The SMILES string of the molecule is O=C1CCN(C(=O)Cc2ccc(Cl)cc2Cl)CCN1. The van der Waals surface area contributed by atoms with Gasteiger partial charge < -0.3 is 10.2 Å². The second-order valence-electron chi connectivity index (χ2n) is 4.39. The van der Waals surface area contributed by atoms with E-state index in [-0.39, 0.29) is 18.2 Å². The highest BCUT2D eigenvalue weighted by atomic mass is 35.5. The summed E-state index contributed by atoms with van der Waals surface area (Å²) in [5, 5.41) is 3.77. The lowest BCUT2D eigenvalue weighted by Gasteiger charge is -2.19. The average molecular weight is 301 g/mol. The number of carbonyl (C=O) groups is 2. The molecule has 0 unspecified atom stereocenters. The van der Waals surface area contributed by atoms with Crippen molar-refractivity contribution < 1.29 is 9.59 Å². The fourth-order valence-corrected chi connectivity index (χ4v) is 2.43. The third kappa shape index (κ3) is 3.85. The Morgan fingerprint density at radius 1 is 1.32 bits per heavy atom. The summed E-state index contributed by atoms with van der Waals surface area (Å²) in [5.41, 5.74) is 0.750. The van der Waals surface area contributed by atoms with Crippen molar-refractivity contribution in [3.63, 3.8) is 0 Å². The minimum Gasteiger partial charge on any atom is -0.354 e. The molecule has 1 N–H and O–H groups in total. The van der Waals surface area contributed by atoms with E-state index in [1.54, 1.807) is 23.1 Å². The van der Waals surface area contributed by atoms with E-state index in [9.17, 15) is 9.59 Å². The molecule has 1 aromatic carbocycles. The molecule has 1 aliphatic heterocycles. The third-order valence-corrected chi connectivity index (χ3v) is 3.61. The van der Waals surface area contributed by atoms with Crippen molar-refractivity contribution in [2.75, 3.05) is 19.6 Å². The zero-order valence-electron chi connectivity index (χ0n) is 10.3. The lowest BCUT2D eigenvalue weighted by atomic mass is 10.1. The molecule has 19 heavy (non-hydrogen) atoms. The van der Waals surface area contributed by atoms with Crippen LogP contribution < -0.4 is 5.32 Å². The minimum absolute atomic E-state index is 0.0141. The first-order valence-corrected chi connectivity index (χ1v) is 6.80. The van der Waals surface area contributed by atoms with Crippen LogP contribution in [-0.2, 0) is 16.0 Å². The number of nitrogens with one attached hydrogen (secondary N) is 1. The number of rotatable bonds is 2. The van der Waals surface area contributed by atoms with E-state index in [0.717, 1.165) is 5.56 Å². The van der Waals surface area contributed by atoms with Gasteiger partial charge in [0.25, 0.3) is 0 Å². The summed E-state index contributed by atoms with van der Waals surface area (Å²) < 4.78 is 0. The second kappa shape index (κ2) is 6.26. The van der Waals surface area contributed by atoms with Crippen molar-refractivity contribution in [2.45, 2.75) is 12.8 Å². The highest BCUT2D eigenvalue weighted by Gasteiger charge is 2.19. The maximum absolute atomic E-state index is 12.2. The van der Waals surface area contributed by atoms with E-state index in [1.807, 2.05) is 0 Å². The summed E-state index contributed by atoms with van der Waals surface area (Å²) in [5.74, 6) is -0.0412. The molecule has 0 aromatic heterocycles. The van der Waals surface area contributed by atoms with Gasteiger partial charge in [-0.15, -0.1) is 0 Å². The fraction of sp³-hybridized carbons (Fsp3) is 0.385. The van der Waals surface area contributed by atoms with Gasteiger partial charge in [-0.2, -0.15) is 0 Å². The van der Waals surface area contributed by atoms with Gasteiger partial charge in [0, 0.05) is 36.1 Å². The zero-order chi connectivity index (χ0) is 13.8. The summed E-state index contributed by atoms with van der Waals surface area (Å²) in [4.78, 5) is 25.1. The molecule has 1 heterocycles. The maximum atomic E-state index is 12.2. The predicted octanol–water partition coefficient (Wildman–Crippen LogP) is 1.88. The van der Waals surface area contributed by atoms with Gasteiger partial charge in [-0.1, -0.05) is 29.3 Å². The highest BCUT2D eigenvalue weighted by molar-refractivity contribution is 6.35. The van der Waals surface area contributed by atoms with Crippen molar-refractivity contribution in [3.8, 4) is 0 Å². The Morgan fingerprint density at radius 3 is 2.84 bits per heavy atom. The van der Waals surface area contributed by atoms with Crippen molar-refractivity contribution in [2.24, 2.45) is 0 Å². The number of carbonyl (C=O) groups excluding carboxylic acids is 2. The zero-order valence-corrected chi connectivity index (χ0v) is 11.8. The second-order valence-corrected chi connectivity index (χ2v) is 5.24. The molecular weight excluding hydrogens is 287 g/mol. The van der Waals surface area contributed by atoms with Crippen molar-refractivity contribution >= 4 is 35.0 Å². The molecule has 0 bridgehead atoms. The van der Waals surface area contributed by atoms with E-state index in [0.29, 0.717) is 36.1 Å². The van der Waals surface area contributed by atoms with Crippen molar-refractivity contribution in [3.05, 3.63) is 33.8 Å². The largest absolute Gasteiger partial charge is 0.354 e. The molecule has 0 atom stereocenters. The summed E-state index contributed by atoms with van der Waals surface area (Å²) in [7, 11) is 0. The van der Waals surface area contributed by atoms with E-state index < -0.39 is 0 Å². The van der Waals surface area contributed by atoms with E-state index in [4.69, 9.17) is 23.2 Å². The molecule has 0 aliphatic carbocycles. The lowest BCUT2D eigenvalue weighted by molar-refractivity contribution is -0.130. The number of halogens is 2. The Morgan fingerprint density at radius 2 is 2.11 bits per heavy atom. The summed E-state index contributed by atoms with van der Waals surface area (Å²) in [6.45, 7) is 1.49. The Kier molecular flexibility index (Phi) is 4.66. The fourth-order valence-electron chi connectivity index (χ4n) is 1.96. The van der Waals surface area contributed by atoms with Crippen LogP contribution in [0.1, 0.15) is 12.0 Å². The van der Waals surface area contributed by atoms with E-state index in [1.165, 1.54) is 0 Å². The van der Waals surface area contributed by atoms with Crippen molar-refractivity contribution in [1.29, 1.82) is 0 Å². The molecule has 0 radical (unpaired) electrons. The molecule has 2 rings (SSSR count). The molecule has 0 spiro atoms. The molecule has 6 heteroatoms. The number of benzene rings is 1. The molecule has 1 aromatic rings. The van der Waals surface area contributed by atoms with Crippen LogP contribution in [0, 0.1) is 0 Å². The molecule has 102 valence electrons. The van der Waals surface area contributed by atoms with Crippen LogP contribution >= 0.6 is 23.2 Å². The Balaban J connectivity index is 2.02. The monoisotopic (exact) mass is 300 g/mol. The Bertz CT molecular complexity index is 505. The van der Waals surface area contributed by atoms with Crippen LogP contribution in [0.4, 0.5) is 0 Å². The van der Waals surface area contributed by atoms with Gasteiger partial charge in [0.2, 0.25) is 11.8 Å². The molecule has 4 nitrogen and oxygen atoms in total. The number of amides is 2. The average Bonchev–Trinajstić information content (AvgIpc) is 2.57. The predicted molar refractivity (Wildman–Crippen MR) is 74.4 cm³/mol. The number of hydrogen-bond acceptors (Lipinski definition) is 2. The van der Waals surface area contributed by atoms with E-state index >= 15 is 0 Å². The molecule has 1 fully saturated rings. The van der Waals surface area contributed by atoms with Gasteiger partial charge in [0.15, 0.2) is 0 Å². The van der Waals surface area contributed by atoms with Crippen molar-refractivity contribution in [1.82, 2.24) is 10.2 Å². The first kappa shape index (κ1) is 14.2. The minimum atomic E-state index is -0.0271. The normalized spacial score (nSPS) is 15.9. The molecule has 1 saturated heterocycles. The van der Waals surface area contributed by atoms with E-state index in [2.05, 4.69) is 5.32 Å². The van der Waals surface area contributed by atoms with Gasteiger partial charge in [-0.3, -0.25) is 9.59 Å². The Hall–Kier alpha value is -1.26. The molecule has 1 aliphatic rings. The summed E-state index contributed by atoms with van der Waals surface area (Å²) in [6.07, 6.45) is 0.574. The van der Waals surface area contributed by atoms with Crippen LogP contribution in [0.15, 0.2) is 18.2 Å². The van der Waals surface area contributed by atoms with Gasteiger partial charge in [-0.05, 0) is 17.7 Å². The summed E-state index contributed by atoms with van der Waals surface area (Å²) in [6, 6.07) is 5.09. The van der Waals surface area contributed by atoms with Crippen LogP contribution in [0.25, 0.3) is 0 Å². The highest BCUT2D eigenvalue weighted by Crippen LogP contribution is 2.21. The maximum Gasteiger partial charge on any atom is 0.227 e. The standard InChI is InChI=1S/C13H14Cl2N2O2/c14-10-2-1-9(11(15)8-10)7-13(19)17-5-3-12(18)16-4-6-17/h1-2,8H,3-7H2,(H,16,18).